The van der Waals surface area contributed by atoms with Crippen molar-refractivity contribution >= 4 is 23.3 Å². The normalized spacial score (nSPS) is 10.7. The number of rotatable bonds is 10. The van der Waals surface area contributed by atoms with E-state index in [9.17, 15) is 4.79 Å². The smallest absolute Gasteiger partial charge is 0.319 e. The third kappa shape index (κ3) is 7.90. The van der Waals surface area contributed by atoms with Gasteiger partial charge >= 0.3 is 6.03 Å². The molecule has 3 aromatic carbocycles. The molecule has 0 atom stereocenters. The van der Waals surface area contributed by atoms with Crippen LogP contribution in [0.15, 0.2) is 84.9 Å². The monoisotopic (exact) mass is 421 g/mol. The number of amides is 2. The highest BCUT2D eigenvalue weighted by Crippen LogP contribution is 2.12. The quantitative estimate of drug-likeness (QED) is 0.419. The summed E-state index contributed by atoms with van der Waals surface area (Å²) >= 11 is 6.02. The Labute approximate surface area is 183 Å². The van der Waals surface area contributed by atoms with Crippen LogP contribution in [0.1, 0.15) is 17.5 Å². The summed E-state index contributed by atoms with van der Waals surface area (Å²) in [5.41, 5.74) is 3.36. The topological polar surface area (TPSA) is 44.4 Å². The summed E-state index contributed by atoms with van der Waals surface area (Å²) in [6, 6.07) is 27.8. The van der Waals surface area contributed by atoms with Gasteiger partial charge in [-0.2, -0.15) is 0 Å². The first kappa shape index (κ1) is 21.9. The van der Waals surface area contributed by atoms with Crippen LogP contribution in [-0.4, -0.2) is 30.6 Å². The standard InChI is InChI=1S/C25H28ClN3O/c26-23-14-12-22(13-15-23)20-29(19-16-21-8-3-1-4-9-21)18-7-17-27-25(30)28-24-10-5-2-6-11-24/h1-6,8-15H,7,16-20H2,(H2,27,28,30). The molecule has 0 spiro atoms. The molecule has 4 nitrogen and oxygen atoms in total. The Hall–Kier alpha value is -2.82. The summed E-state index contributed by atoms with van der Waals surface area (Å²) < 4.78 is 0. The molecule has 0 aliphatic rings. The van der Waals surface area contributed by atoms with Gasteiger partial charge in [-0.05, 0) is 48.2 Å². The van der Waals surface area contributed by atoms with Crippen molar-refractivity contribution in [3.63, 3.8) is 0 Å². The highest BCUT2D eigenvalue weighted by atomic mass is 35.5. The van der Waals surface area contributed by atoms with Crippen LogP contribution in [0, 0.1) is 0 Å². The average Bonchev–Trinajstić information content (AvgIpc) is 2.77. The van der Waals surface area contributed by atoms with Gasteiger partial charge in [-0.1, -0.05) is 72.3 Å². The van der Waals surface area contributed by atoms with Gasteiger partial charge < -0.3 is 10.6 Å². The van der Waals surface area contributed by atoms with Crippen molar-refractivity contribution in [1.29, 1.82) is 0 Å². The second-order valence-corrected chi connectivity index (χ2v) is 7.68. The Bertz CT molecular complexity index is 885. The lowest BCUT2D eigenvalue weighted by molar-refractivity contribution is 0.247. The highest BCUT2D eigenvalue weighted by Gasteiger charge is 2.08. The zero-order valence-corrected chi connectivity index (χ0v) is 17.8. The summed E-state index contributed by atoms with van der Waals surface area (Å²) in [5, 5.41) is 6.54. The van der Waals surface area contributed by atoms with E-state index in [1.807, 2.05) is 48.5 Å². The van der Waals surface area contributed by atoms with Crippen LogP contribution < -0.4 is 10.6 Å². The molecule has 0 bridgehead atoms. The van der Waals surface area contributed by atoms with E-state index in [1.165, 1.54) is 11.1 Å². The Morgan fingerprint density at radius 1 is 0.800 bits per heavy atom. The van der Waals surface area contributed by atoms with Crippen LogP contribution >= 0.6 is 11.6 Å². The van der Waals surface area contributed by atoms with Crippen molar-refractivity contribution in [2.45, 2.75) is 19.4 Å². The number of hydrogen-bond donors (Lipinski definition) is 2. The fourth-order valence-corrected chi connectivity index (χ4v) is 3.38. The van der Waals surface area contributed by atoms with Crippen LogP contribution in [0.3, 0.4) is 0 Å². The van der Waals surface area contributed by atoms with Crippen molar-refractivity contribution in [2.75, 3.05) is 25.0 Å². The van der Waals surface area contributed by atoms with E-state index in [-0.39, 0.29) is 6.03 Å². The molecule has 0 aliphatic carbocycles. The maximum Gasteiger partial charge on any atom is 0.319 e. The first-order chi connectivity index (χ1) is 14.7. The van der Waals surface area contributed by atoms with Crippen LogP contribution in [0.4, 0.5) is 10.5 Å². The third-order valence-electron chi connectivity index (χ3n) is 4.85. The first-order valence-corrected chi connectivity index (χ1v) is 10.7. The minimum atomic E-state index is -0.172. The fraction of sp³-hybridized carbons (Fsp3) is 0.240. The zero-order valence-electron chi connectivity index (χ0n) is 17.1. The van der Waals surface area contributed by atoms with Crippen molar-refractivity contribution in [3.8, 4) is 0 Å². The number of halogens is 1. The van der Waals surface area contributed by atoms with E-state index in [0.29, 0.717) is 6.54 Å². The Kier molecular flexibility index (Phi) is 8.76. The highest BCUT2D eigenvalue weighted by molar-refractivity contribution is 6.30. The summed E-state index contributed by atoms with van der Waals surface area (Å²) in [7, 11) is 0. The fourth-order valence-electron chi connectivity index (χ4n) is 3.25. The summed E-state index contributed by atoms with van der Waals surface area (Å²) in [4.78, 5) is 14.5. The van der Waals surface area contributed by atoms with E-state index in [0.717, 1.165) is 43.2 Å². The van der Waals surface area contributed by atoms with Gasteiger partial charge in [0, 0.05) is 36.9 Å². The molecule has 0 unspecified atom stereocenters. The number of anilines is 1. The molecule has 2 amide bonds. The van der Waals surface area contributed by atoms with Crippen molar-refractivity contribution in [2.24, 2.45) is 0 Å². The molecular weight excluding hydrogens is 394 g/mol. The SMILES string of the molecule is O=C(NCCCN(CCc1ccccc1)Cc1ccc(Cl)cc1)Nc1ccccc1. The molecule has 0 aliphatic heterocycles. The molecule has 0 fully saturated rings. The van der Waals surface area contributed by atoms with Crippen LogP contribution in [-0.2, 0) is 13.0 Å². The third-order valence-corrected chi connectivity index (χ3v) is 5.10. The number of para-hydroxylation sites is 1. The average molecular weight is 422 g/mol. The summed E-state index contributed by atoms with van der Waals surface area (Å²) in [6.07, 6.45) is 1.88. The van der Waals surface area contributed by atoms with Crippen molar-refractivity contribution in [3.05, 3.63) is 101 Å². The molecule has 0 saturated carbocycles. The second kappa shape index (κ2) is 12.0. The number of benzene rings is 3. The van der Waals surface area contributed by atoms with E-state index < -0.39 is 0 Å². The summed E-state index contributed by atoms with van der Waals surface area (Å²) in [6.45, 7) is 3.35. The Balaban J connectivity index is 1.47. The molecule has 3 rings (SSSR count). The van der Waals surface area contributed by atoms with Crippen LogP contribution in [0.25, 0.3) is 0 Å². The van der Waals surface area contributed by atoms with E-state index in [1.54, 1.807) is 0 Å². The van der Waals surface area contributed by atoms with E-state index in [4.69, 9.17) is 11.6 Å². The molecule has 0 radical (unpaired) electrons. The molecule has 156 valence electrons. The lowest BCUT2D eigenvalue weighted by Crippen LogP contribution is -2.33. The molecule has 30 heavy (non-hydrogen) atoms. The van der Waals surface area contributed by atoms with Crippen molar-refractivity contribution < 1.29 is 4.79 Å². The van der Waals surface area contributed by atoms with Crippen LogP contribution in [0.2, 0.25) is 5.02 Å². The minimum absolute atomic E-state index is 0.172. The number of urea groups is 1. The Morgan fingerprint density at radius 3 is 2.17 bits per heavy atom. The van der Waals surface area contributed by atoms with Crippen molar-refractivity contribution in [1.82, 2.24) is 10.2 Å². The number of carbonyl (C=O) groups is 1. The Morgan fingerprint density at radius 2 is 1.47 bits per heavy atom. The van der Waals surface area contributed by atoms with Gasteiger partial charge in [-0.3, -0.25) is 4.90 Å². The molecular formula is C25H28ClN3O. The van der Waals surface area contributed by atoms with Gasteiger partial charge in [0.2, 0.25) is 0 Å². The van der Waals surface area contributed by atoms with Gasteiger partial charge in [0.05, 0.1) is 0 Å². The first-order valence-electron chi connectivity index (χ1n) is 10.3. The lowest BCUT2D eigenvalue weighted by Gasteiger charge is -2.23. The van der Waals surface area contributed by atoms with E-state index >= 15 is 0 Å². The molecule has 0 aromatic heterocycles. The van der Waals surface area contributed by atoms with Gasteiger partial charge in [0.1, 0.15) is 0 Å². The molecule has 2 N–H and O–H groups in total. The predicted molar refractivity (Wildman–Crippen MR) is 125 cm³/mol. The molecule has 0 saturated heterocycles. The maximum atomic E-state index is 12.0. The number of nitrogens with zero attached hydrogens (tertiary/aromatic N) is 1. The van der Waals surface area contributed by atoms with Gasteiger partial charge in [-0.25, -0.2) is 4.79 Å². The zero-order chi connectivity index (χ0) is 21.0. The largest absolute Gasteiger partial charge is 0.338 e. The second-order valence-electron chi connectivity index (χ2n) is 7.24. The maximum absolute atomic E-state index is 12.0. The number of nitrogens with one attached hydrogen (secondary N) is 2. The predicted octanol–water partition coefficient (Wildman–Crippen LogP) is 5.60. The molecule has 3 aromatic rings. The van der Waals surface area contributed by atoms with Crippen LogP contribution in [0.5, 0.6) is 0 Å². The summed E-state index contributed by atoms with van der Waals surface area (Å²) in [5.74, 6) is 0. The number of hydrogen-bond acceptors (Lipinski definition) is 2. The minimum Gasteiger partial charge on any atom is -0.338 e. The van der Waals surface area contributed by atoms with Gasteiger partial charge in [0.25, 0.3) is 0 Å². The molecule has 0 heterocycles. The van der Waals surface area contributed by atoms with E-state index in [2.05, 4.69) is 51.9 Å². The number of carbonyl (C=O) groups excluding carboxylic acids is 1. The lowest BCUT2D eigenvalue weighted by atomic mass is 10.1. The van der Waals surface area contributed by atoms with Gasteiger partial charge in [-0.15, -0.1) is 0 Å². The molecule has 5 heteroatoms. The van der Waals surface area contributed by atoms with Gasteiger partial charge in [0.15, 0.2) is 0 Å².